The van der Waals surface area contributed by atoms with Crippen molar-refractivity contribution in [1.82, 2.24) is 9.97 Å². The molecule has 2 aromatic rings. The lowest BCUT2D eigenvalue weighted by Gasteiger charge is -2.12. The van der Waals surface area contributed by atoms with Gasteiger partial charge in [-0.25, -0.2) is 14.8 Å². The third-order valence-electron chi connectivity index (χ3n) is 3.07. The summed E-state index contributed by atoms with van der Waals surface area (Å²) in [6, 6.07) is 7.43. The van der Waals surface area contributed by atoms with Crippen LogP contribution in [0, 0.1) is 6.92 Å². The van der Waals surface area contributed by atoms with Crippen LogP contribution in [0.5, 0.6) is 5.75 Å². The van der Waals surface area contributed by atoms with Crippen molar-refractivity contribution in [2.45, 2.75) is 19.0 Å². The number of methoxy groups -OCH3 is 1. The molecule has 1 aromatic heterocycles. The van der Waals surface area contributed by atoms with E-state index in [-0.39, 0.29) is 0 Å². The molecule has 2 rings (SSSR count). The summed E-state index contributed by atoms with van der Waals surface area (Å²) in [6.07, 6.45) is 1.90. The fourth-order valence-corrected chi connectivity index (χ4v) is 2.48. The summed E-state index contributed by atoms with van der Waals surface area (Å²) < 4.78 is 10.4. The number of carbonyl (C=O) groups is 1. The summed E-state index contributed by atoms with van der Waals surface area (Å²) in [7, 11) is 1.60. The van der Waals surface area contributed by atoms with Gasteiger partial charge in [-0.3, -0.25) is 0 Å². The van der Waals surface area contributed by atoms with Crippen molar-refractivity contribution in [2.75, 3.05) is 20.0 Å². The molecule has 1 aromatic carbocycles. The molecule has 0 amide bonds. The summed E-state index contributed by atoms with van der Waals surface area (Å²) in [5.74, 6) is 0.291. The number of hydrogen-bond donors (Lipinski definition) is 0. The van der Waals surface area contributed by atoms with E-state index in [9.17, 15) is 4.79 Å². The largest absolute Gasteiger partial charge is 0.497 e. The predicted molar refractivity (Wildman–Crippen MR) is 86.5 cm³/mol. The van der Waals surface area contributed by atoms with Crippen LogP contribution < -0.4 is 4.74 Å². The third kappa shape index (κ3) is 3.39. The van der Waals surface area contributed by atoms with Crippen molar-refractivity contribution in [3.05, 3.63) is 35.5 Å². The monoisotopic (exact) mass is 318 g/mol. The van der Waals surface area contributed by atoms with Gasteiger partial charge in [-0.05, 0) is 32.2 Å². The standard InChI is InChI=1S/C16H18N2O3S/c1-5-21-15(19)13-10(2)17-16(22-4)18-14(13)11-7-6-8-12(9-11)20-3/h6-9H,5H2,1-4H3. The minimum Gasteiger partial charge on any atom is -0.497 e. The van der Waals surface area contributed by atoms with Gasteiger partial charge in [0, 0.05) is 5.56 Å². The molecule has 0 saturated heterocycles. The van der Waals surface area contributed by atoms with E-state index in [1.165, 1.54) is 11.8 Å². The number of esters is 1. The van der Waals surface area contributed by atoms with Crippen molar-refractivity contribution in [1.29, 1.82) is 0 Å². The maximum Gasteiger partial charge on any atom is 0.342 e. The Bertz CT molecular complexity index is 689. The van der Waals surface area contributed by atoms with E-state index in [0.29, 0.717) is 34.5 Å². The molecule has 1 heterocycles. The smallest absolute Gasteiger partial charge is 0.342 e. The molecule has 0 bridgehead atoms. The molecule has 116 valence electrons. The fourth-order valence-electron chi connectivity index (χ4n) is 2.07. The zero-order chi connectivity index (χ0) is 16.1. The zero-order valence-corrected chi connectivity index (χ0v) is 13.9. The Labute approximate surface area is 134 Å². The second kappa shape index (κ2) is 7.26. The highest BCUT2D eigenvalue weighted by Crippen LogP contribution is 2.29. The second-order valence-corrected chi connectivity index (χ2v) is 5.25. The number of nitrogens with zero attached hydrogens (tertiary/aromatic N) is 2. The molecular formula is C16H18N2O3S. The Morgan fingerprint density at radius 1 is 1.32 bits per heavy atom. The van der Waals surface area contributed by atoms with Crippen LogP contribution in [0.15, 0.2) is 29.4 Å². The van der Waals surface area contributed by atoms with Gasteiger partial charge >= 0.3 is 5.97 Å². The lowest BCUT2D eigenvalue weighted by Crippen LogP contribution is -2.12. The highest BCUT2D eigenvalue weighted by molar-refractivity contribution is 7.98. The van der Waals surface area contributed by atoms with E-state index in [4.69, 9.17) is 9.47 Å². The first kappa shape index (κ1) is 16.3. The van der Waals surface area contributed by atoms with Crippen LogP contribution in [0.25, 0.3) is 11.3 Å². The van der Waals surface area contributed by atoms with Crippen LogP contribution in [-0.4, -0.2) is 35.9 Å². The van der Waals surface area contributed by atoms with E-state index >= 15 is 0 Å². The van der Waals surface area contributed by atoms with Crippen molar-refractivity contribution < 1.29 is 14.3 Å². The molecule has 5 nitrogen and oxygen atoms in total. The minimum atomic E-state index is -0.412. The van der Waals surface area contributed by atoms with Crippen molar-refractivity contribution in [3.8, 4) is 17.0 Å². The molecule has 0 aliphatic rings. The lowest BCUT2D eigenvalue weighted by molar-refractivity contribution is 0.0525. The normalized spacial score (nSPS) is 10.4. The SMILES string of the molecule is CCOC(=O)c1c(C)nc(SC)nc1-c1cccc(OC)c1. The first-order valence-electron chi connectivity index (χ1n) is 6.84. The van der Waals surface area contributed by atoms with Gasteiger partial charge in [0.05, 0.1) is 25.1 Å². The summed E-state index contributed by atoms with van der Waals surface area (Å²) in [5.41, 5.74) is 2.36. The molecular weight excluding hydrogens is 300 g/mol. The maximum absolute atomic E-state index is 12.3. The summed E-state index contributed by atoms with van der Waals surface area (Å²) in [5, 5.41) is 0.614. The van der Waals surface area contributed by atoms with Crippen LogP contribution in [0.1, 0.15) is 23.0 Å². The van der Waals surface area contributed by atoms with Crippen molar-refractivity contribution in [2.24, 2.45) is 0 Å². The van der Waals surface area contributed by atoms with Gasteiger partial charge in [0.25, 0.3) is 0 Å². The van der Waals surface area contributed by atoms with Crippen molar-refractivity contribution >= 4 is 17.7 Å². The third-order valence-corrected chi connectivity index (χ3v) is 3.62. The molecule has 0 unspecified atom stereocenters. The first-order valence-corrected chi connectivity index (χ1v) is 8.07. The molecule has 6 heteroatoms. The number of rotatable bonds is 5. The average molecular weight is 318 g/mol. The van der Waals surface area contributed by atoms with E-state index in [1.807, 2.05) is 30.5 Å². The van der Waals surface area contributed by atoms with Gasteiger partial charge < -0.3 is 9.47 Å². The number of benzene rings is 1. The molecule has 0 atom stereocenters. The Hall–Kier alpha value is -2.08. The first-order chi connectivity index (χ1) is 10.6. The summed E-state index contributed by atoms with van der Waals surface area (Å²) in [4.78, 5) is 21.1. The van der Waals surface area contributed by atoms with Gasteiger partial charge in [0.15, 0.2) is 5.16 Å². The molecule has 22 heavy (non-hydrogen) atoms. The number of ether oxygens (including phenoxy) is 2. The minimum absolute atomic E-state index is 0.306. The Morgan fingerprint density at radius 2 is 2.09 bits per heavy atom. The fraction of sp³-hybridized carbons (Fsp3) is 0.312. The predicted octanol–water partition coefficient (Wildman–Crippen LogP) is 3.36. The van der Waals surface area contributed by atoms with Crippen molar-refractivity contribution in [3.63, 3.8) is 0 Å². The molecule has 0 aliphatic heterocycles. The zero-order valence-electron chi connectivity index (χ0n) is 13.0. The van der Waals surface area contributed by atoms with Crippen LogP contribution in [0.3, 0.4) is 0 Å². The van der Waals surface area contributed by atoms with Crippen LogP contribution >= 0.6 is 11.8 Å². The van der Waals surface area contributed by atoms with E-state index in [1.54, 1.807) is 21.0 Å². The van der Waals surface area contributed by atoms with Crippen LogP contribution in [0.4, 0.5) is 0 Å². The van der Waals surface area contributed by atoms with Gasteiger partial charge in [0.2, 0.25) is 0 Å². The van der Waals surface area contributed by atoms with Crippen LogP contribution in [-0.2, 0) is 4.74 Å². The summed E-state index contributed by atoms with van der Waals surface area (Å²) in [6.45, 7) is 3.87. The van der Waals surface area contributed by atoms with Gasteiger partial charge in [0.1, 0.15) is 11.3 Å². The number of aryl methyl sites for hydroxylation is 1. The Kier molecular flexibility index (Phi) is 5.38. The van der Waals surface area contributed by atoms with Crippen LogP contribution in [0.2, 0.25) is 0 Å². The van der Waals surface area contributed by atoms with Gasteiger partial charge in [-0.2, -0.15) is 0 Å². The number of thioether (sulfide) groups is 1. The second-order valence-electron chi connectivity index (χ2n) is 4.47. The average Bonchev–Trinajstić information content (AvgIpc) is 2.54. The molecule has 0 fully saturated rings. The summed E-state index contributed by atoms with van der Waals surface area (Å²) >= 11 is 1.43. The quantitative estimate of drug-likeness (QED) is 0.478. The molecule has 0 radical (unpaired) electrons. The number of hydrogen-bond acceptors (Lipinski definition) is 6. The molecule has 0 spiro atoms. The van der Waals surface area contributed by atoms with E-state index in [0.717, 1.165) is 5.56 Å². The van der Waals surface area contributed by atoms with E-state index < -0.39 is 5.97 Å². The maximum atomic E-state index is 12.3. The Morgan fingerprint density at radius 3 is 2.73 bits per heavy atom. The topological polar surface area (TPSA) is 61.3 Å². The molecule has 0 N–H and O–H groups in total. The molecule has 0 saturated carbocycles. The number of aromatic nitrogens is 2. The Balaban J connectivity index is 2.65. The van der Waals surface area contributed by atoms with Gasteiger partial charge in [-0.15, -0.1) is 0 Å². The number of carbonyl (C=O) groups excluding carboxylic acids is 1. The van der Waals surface area contributed by atoms with E-state index in [2.05, 4.69) is 9.97 Å². The lowest BCUT2D eigenvalue weighted by atomic mass is 10.0. The highest BCUT2D eigenvalue weighted by Gasteiger charge is 2.21. The molecule has 0 aliphatic carbocycles. The highest BCUT2D eigenvalue weighted by atomic mass is 32.2. The van der Waals surface area contributed by atoms with Gasteiger partial charge in [-0.1, -0.05) is 23.9 Å².